The lowest BCUT2D eigenvalue weighted by atomic mass is 9.95. The zero-order chi connectivity index (χ0) is 13.3. The third-order valence-electron chi connectivity index (χ3n) is 4.32. The standard InChI is InChI=1S/C15H19BrN2O.ClH/c16-13-3-1-2-12(8-13)15(5-6-15)10-18-14(19)11-4-7-17-9-11;/h1-3,8,11,17H,4-7,9-10H2,(H,18,19);1H. The molecular formula is C15H20BrClN2O. The Bertz CT molecular complexity index is 485. The quantitative estimate of drug-likeness (QED) is 0.868. The van der Waals surface area contributed by atoms with Gasteiger partial charge in [-0.05, 0) is 43.5 Å². The minimum absolute atomic E-state index is 0. The lowest BCUT2D eigenvalue weighted by Crippen LogP contribution is -2.37. The highest BCUT2D eigenvalue weighted by Gasteiger charge is 2.44. The second-order valence-corrected chi connectivity index (χ2v) is 6.61. The number of amides is 1. The molecule has 2 aliphatic rings. The molecule has 2 fully saturated rings. The molecule has 1 atom stereocenters. The van der Waals surface area contributed by atoms with Gasteiger partial charge in [-0.1, -0.05) is 28.1 Å². The van der Waals surface area contributed by atoms with Crippen molar-refractivity contribution in [3.63, 3.8) is 0 Å². The van der Waals surface area contributed by atoms with Crippen LogP contribution in [0.1, 0.15) is 24.8 Å². The molecule has 0 bridgehead atoms. The molecule has 1 saturated heterocycles. The molecule has 0 radical (unpaired) electrons. The Kier molecular flexibility index (Phi) is 5.10. The molecule has 3 rings (SSSR count). The van der Waals surface area contributed by atoms with Gasteiger partial charge in [0.1, 0.15) is 0 Å². The third kappa shape index (κ3) is 3.35. The Labute approximate surface area is 134 Å². The van der Waals surface area contributed by atoms with E-state index in [2.05, 4.69) is 44.8 Å². The maximum Gasteiger partial charge on any atom is 0.224 e. The highest BCUT2D eigenvalue weighted by Crippen LogP contribution is 2.48. The Hall–Kier alpha value is -0.580. The molecule has 110 valence electrons. The molecule has 1 aromatic rings. The van der Waals surface area contributed by atoms with E-state index in [1.807, 2.05) is 6.07 Å². The van der Waals surface area contributed by atoms with Crippen molar-refractivity contribution in [3.05, 3.63) is 34.3 Å². The molecular weight excluding hydrogens is 340 g/mol. The summed E-state index contributed by atoms with van der Waals surface area (Å²) in [6, 6.07) is 8.46. The number of rotatable bonds is 4. The van der Waals surface area contributed by atoms with Gasteiger partial charge in [0.05, 0.1) is 5.92 Å². The zero-order valence-corrected chi connectivity index (χ0v) is 13.7. The molecule has 1 aliphatic heterocycles. The molecule has 1 unspecified atom stereocenters. The van der Waals surface area contributed by atoms with Crippen LogP contribution in [0.4, 0.5) is 0 Å². The van der Waals surface area contributed by atoms with Crippen molar-refractivity contribution in [2.45, 2.75) is 24.7 Å². The third-order valence-corrected chi connectivity index (χ3v) is 4.82. The summed E-state index contributed by atoms with van der Waals surface area (Å²) in [5.41, 5.74) is 1.53. The Morgan fingerprint density at radius 2 is 2.25 bits per heavy atom. The van der Waals surface area contributed by atoms with Gasteiger partial charge in [-0.2, -0.15) is 0 Å². The molecule has 0 aromatic heterocycles. The topological polar surface area (TPSA) is 41.1 Å². The lowest BCUT2D eigenvalue weighted by molar-refractivity contribution is -0.124. The van der Waals surface area contributed by atoms with E-state index in [9.17, 15) is 4.79 Å². The average molecular weight is 360 g/mol. The second kappa shape index (κ2) is 6.46. The maximum atomic E-state index is 12.1. The van der Waals surface area contributed by atoms with Crippen LogP contribution in [0.25, 0.3) is 0 Å². The summed E-state index contributed by atoms with van der Waals surface area (Å²) < 4.78 is 1.11. The van der Waals surface area contributed by atoms with Crippen LogP contribution < -0.4 is 10.6 Å². The molecule has 2 N–H and O–H groups in total. The van der Waals surface area contributed by atoms with Crippen molar-refractivity contribution in [3.8, 4) is 0 Å². The van der Waals surface area contributed by atoms with Gasteiger partial charge in [0.25, 0.3) is 0 Å². The van der Waals surface area contributed by atoms with E-state index in [1.165, 1.54) is 18.4 Å². The molecule has 5 heteroatoms. The van der Waals surface area contributed by atoms with Crippen LogP contribution in [0, 0.1) is 5.92 Å². The van der Waals surface area contributed by atoms with E-state index < -0.39 is 0 Å². The van der Waals surface area contributed by atoms with Crippen molar-refractivity contribution in [1.82, 2.24) is 10.6 Å². The Balaban J connectivity index is 0.00000147. The first-order chi connectivity index (χ1) is 9.20. The van der Waals surface area contributed by atoms with Crippen LogP contribution in [0.2, 0.25) is 0 Å². The van der Waals surface area contributed by atoms with E-state index in [0.717, 1.165) is 30.5 Å². The summed E-state index contributed by atoms with van der Waals surface area (Å²) >= 11 is 3.52. The van der Waals surface area contributed by atoms with Crippen molar-refractivity contribution < 1.29 is 4.79 Å². The first-order valence-electron chi connectivity index (χ1n) is 6.94. The molecule has 3 nitrogen and oxygen atoms in total. The maximum absolute atomic E-state index is 12.1. The van der Waals surface area contributed by atoms with E-state index in [-0.39, 0.29) is 29.6 Å². The van der Waals surface area contributed by atoms with Crippen LogP contribution in [0.5, 0.6) is 0 Å². The fourth-order valence-electron chi connectivity index (χ4n) is 2.82. The van der Waals surface area contributed by atoms with Crippen LogP contribution in [-0.2, 0) is 10.2 Å². The van der Waals surface area contributed by atoms with Crippen molar-refractivity contribution in [1.29, 1.82) is 0 Å². The van der Waals surface area contributed by atoms with Crippen LogP contribution in [-0.4, -0.2) is 25.5 Å². The molecule has 1 heterocycles. The Morgan fingerprint density at radius 1 is 1.45 bits per heavy atom. The largest absolute Gasteiger partial charge is 0.355 e. The lowest BCUT2D eigenvalue weighted by Gasteiger charge is -2.18. The van der Waals surface area contributed by atoms with Crippen LogP contribution in [0.15, 0.2) is 28.7 Å². The minimum Gasteiger partial charge on any atom is -0.355 e. The molecule has 1 aliphatic carbocycles. The van der Waals surface area contributed by atoms with Gasteiger partial charge in [0.15, 0.2) is 0 Å². The summed E-state index contributed by atoms with van der Waals surface area (Å²) in [5.74, 6) is 0.379. The number of hydrogen-bond acceptors (Lipinski definition) is 2. The van der Waals surface area contributed by atoms with Gasteiger partial charge in [-0.25, -0.2) is 0 Å². The van der Waals surface area contributed by atoms with E-state index in [0.29, 0.717) is 0 Å². The van der Waals surface area contributed by atoms with Crippen molar-refractivity contribution in [2.24, 2.45) is 5.92 Å². The molecule has 0 spiro atoms. The monoisotopic (exact) mass is 358 g/mol. The van der Waals surface area contributed by atoms with Crippen molar-refractivity contribution >= 4 is 34.2 Å². The second-order valence-electron chi connectivity index (χ2n) is 5.70. The molecule has 20 heavy (non-hydrogen) atoms. The highest BCUT2D eigenvalue weighted by atomic mass is 79.9. The van der Waals surface area contributed by atoms with Crippen LogP contribution in [0.3, 0.4) is 0 Å². The number of nitrogens with one attached hydrogen (secondary N) is 2. The summed E-state index contributed by atoms with van der Waals surface area (Å²) in [6.45, 7) is 2.57. The predicted molar refractivity (Wildman–Crippen MR) is 86.3 cm³/mol. The van der Waals surface area contributed by atoms with Gasteiger partial charge < -0.3 is 10.6 Å². The van der Waals surface area contributed by atoms with Gasteiger partial charge >= 0.3 is 0 Å². The number of carbonyl (C=O) groups is 1. The average Bonchev–Trinajstić information content (AvgIpc) is 3.00. The smallest absolute Gasteiger partial charge is 0.224 e. The normalized spacial score (nSPS) is 22.9. The summed E-state index contributed by atoms with van der Waals surface area (Å²) in [7, 11) is 0. The summed E-state index contributed by atoms with van der Waals surface area (Å²) in [5, 5.41) is 6.39. The first kappa shape index (κ1) is 15.8. The summed E-state index contributed by atoms with van der Waals surface area (Å²) in [6.07, 6.45) is 3.31. The first-order valence-corrected chi connectivity index (χ1v) is 7.73. The van der Waals surface area contributed by atoms with E-state index >= 15 is 0 Å². The number of benzene rings is 1. The highest BCUT2D eigenvalue weighted by molar-refractivity contribution is 9.10. The number of halogens is 2. The molecule has 1 amide bonds. The van der Waals surface area contributed by atoms with Gasteiger partial charge in [0, 0.05) is 23.0 Å². The molecule has 1 aromatic carbocycles. The van der Waals surface area contributed by atoms with Gasteiger partial charge in [-0.15, -0.1) is 12.4 Å². The fraction of sp³-hybridized carbons (Fsp3) is 0.533. The van der Waals surface area contributed by atoms with Crippen LogP contribution >= 0.6 is 28.3 Å². The number of carbonyl (C=O) groups excluding carboxylic acids is 1. The van der Waals surface area contributed by atoms with E-state index in [4.69, 9.17) is 0 Å². The minimum atomic E-state index is 0. The number of hydrogen-bond donors (Lipinski definition) is 2. The SMILES string of the molecule is Cl.O=C(NCC1(c2cccc(Br)c2)CC1)C1CCNC1. The van der Waals surface area contributed by atoms with Crippen molar-refractivity contribution in [2.75, 3.05) is 19.6 Å². The Morgan fingerprint density at radius 3 is 2.85 bits per heavy atom. The fourth-order valence-corrected chi connectivity index (χ4v) is 3.22. The zero-order valence-electron chi connectivity index (χ0n) is 11.3. The molecule has 1 saturated carbocycles. The van der Waals surface area contributed by atoms with Gasteiger partial charge in [-0.3, -0.25) is 4.79 Å². The predicted octanol–water partition coefficient (Wildman–Crippen LogP) is 2.63. The van der Waals surface area contributed by atoms with E-state index in [1.54, 1.807) is 0 Å². The van der Waals surface area contributed by atoms with Gasteiger partial charge in [0.2, 0.25) is 5.91 Å². The summed E-state index contributed by atoms with van der Waals surface area (Å²) in [4.78, 5) is 12.1.